The van der Waals surface area contributed by atoms with Crippen LogP contribution in [0.2, 0.25) is 0 Å². The number of hydrogen-bond acceptors (Lipinski definition) is 6. The Labute approximate surface area is 147 Å². The van der Waals surface area contributed by atoms with Crippen LogP contribution in [-0.2, 0) is 0 Å². The molecule has 0 spiro atoms. The van der Waals surface area contributed by atoms with Crippen molar-refractivity contribution in [2.45, 2.75) is 25.9 Å². The first-order valence-electron chi connectivity index (χ1n) is 8.39. The van der Waals surface area contributed by atoms with Gasteiger partial charge in [0, 0.05) is 24.5 Å². The van der Waals surface area contributed by atoms with Gasteiger partial charge < -0.3 is 20.7 Å². The van der Waals surface area contributed by atoms with E-state index in [2.05, 4.69) is 15.2 Å². The van der Waals surface area contributed by atoms with Crippen LogP contribution in [0.1, 0.15) is 35.8 Å². The third-order valence-corrected chi connectivity index (χ3v) is 4.36. The first kappa shape index (κ1) is 17.1. The van der Waals surface area contributed by atoms with Crippen molar-refractivity contribution in [2.75, 3.05) is 23.3 Å². The number of carbonyl (C=O) groups excluding carboxylic acids is 1. The third-order valence-electron chi connectivity index (χ3n) is 4.36. The molecule has 0 radical (unpaired) electrons. The predicted molar refractivity (Wildman–Crippen MR) is 99.3 cm³/mol. The minimum Gasteiger partial charge on any atom is -0.393 e. The van der Waals surface area contributed by atoms with Crippen LogP contribution in [0.3, 0.4) is 0 Å². The fraction of sp³-hybridized carbons (Fsp3) is 0.316. The second kappa shape index (κ2) is 7.44. The highest BCUT2D eigenvalue weighted by Crippen LogP contribution is 2.31. The van der Waals surface area contributed by atoms with Gasteiger partial charge in [0.25, 0.3) is 0 Å². The van der Waals surface area contributed by atoms with E-state index in [9.17, 15) is 9.90 Å². The molecule has 3 N–H and O–H groups in total. The van der Waals surface area contributed by atoms with Crippen molar-refractivity contribution in [3.8, 4) is 0 Å². The molecule has 25 heavy (non-hydrogen) atoms. The number of nitrogens with one attached hydrogen (secondary N) is 2. The lowest BCUT2D eigenvalue weighted by atomic mass is 10.0. The van der Waals surface area contributed by atoms with Crippen molar-refractivity contribution < 1.29 is 9.90 Å². The Morgan fingerprint density at radius 1 is 1.32 bits per heavy atom. The van der Waals surface area contributed by atoms with Gasteiger partial charge >= 0.3 is 0 Å². The molecule has 1 aromatic carbocycles. The van der Waals surface area contributed by atoms with Gasteiger partial charge in [0.2, 0.25) is 0 Å². The van der Waals surface area contributed by atoms with Gasteiger partial charge in [-0.3, -0.25) is 4.79 Å². The van der Waals surface area contributed by atoms with Crippen molar-refractivity contribution in [2.24, 2.45) is 0 Å². The van der Waals surface area contributed by atoms with E-state index in [4.69, 9.17) is 5.41 Å². The molecule has 0 atom stereocenters. The van der Waals surface area contributed by atoms with Crippen LogP contribution in [-0.4, -0.2) is 41.3 Å². The van der Waals surface area contributed by atoms with Crippen LogP contribution in [0.15, 0.2) is 36.4 Å². The molecule has 2 aromatic rings. The maximum absolute atomic E-state index is 11.4. The minimum absolute atomic E-state index is 0.282. The molecule has 0 aliphatic carbocycles. The van der Waals surface area contributed by atoms with Crippen molar-refractivity contribution in [3.63, 3.8) is 0 Å². The molecule has 0 bridgehead atoms. The number of aliphatic hydroxyl groups is 1. The predicted octanol–water partition coefficient (Wildman–Crippen LogP) is 2.99. The molecular formula is C19H22N4O2. The number of para-hydroxylation sites is 1. The molecule has 6 nitrogen and oxygen atoms in total. The van der Waals surface area contributed by atoms with E-state index in [1.54, 1.807) is 13.0 Å². The number of carbonyl (C=O) groups is 1. The summed E-state index contributed by atoms with van der Waals surface area (Å²) in [5.74, 6) is 0.504. The van der Waals surface area contributed by atoms with Crippen molar-refractivity contribution in [3.05, 3.63) is 47.7 Å². The molecular weight excluding hydrogens is 316 g/mol. The van der Waals surface area contributed by atoms with E-state index >= 15 is 0 Å². The second-order valence-electron chi connectivity index (χ2n) is 6.24. The average molecular weight is 338 g/mol. The Hall–Kier alpha value is -2.73. The zero-order chi connectivity index (χ0) is 17.8. The number of benzene rings is 1. The highest BCUT2D eigenvalue weighted by molar-refractivity contribution is 6.07. The van der Waals surface area contributed by atoms with Gasteiger partial charge in [-0.15, -0.1) is 0 Å². The van der Waals surface area contributed by atoms with E-state index in [0.29, 0.717) is 48.7 Å². The highest BCUT2D eigenvalue weighted by Gasteiger charge is 2.23. The third kappa shape index (κ3) is 3.85. The number of piperidine rings is 1. The fourth-order valence-electron chi connectivity index (χ4n) is 3.09. The molecule has 130 valence electrons. The smallest absolute Gasteiger partial charge is 0.168 e. The number of aliphatic hydroxyl groups excluding tert-OH is 1. The number of pyridine rings is 1. The summed E-state index contributed by atoms with van der Waals surface area (Å²) in [5, 5.41) is 21.2. The summed E-state index contributed by atoms with van der Waals surface area (Å²) in [4.78, 5) is 17.9. The van der Waals surface area contributed by atoms with Crippen molar-refractivity contribution >= 4 is 29.2 Å². The number of hydrogen-bond donors (Lipinski definition) is 3. The fourth-order valence-corrected chi connectivity index (χ4v) is 3.09. The molecule has 1 aliphatic heterocycles. The number of aldehydes is 1. The number of rotatable bonds is 5. The monoisotopic (exact) mass is 338 g/mol. The zero-order valence-corrected chi connectivity index (χ0v) is 14.2. The lowest BCUT2D eigenvalue weighted by molar-refractivity contribution is 0.111. The van der Waals surface area contributed by atoms with Crippen LogP contribution in [0.5, 0.6) is 0 Å². The summed E-state index contributed by atoms with van der Waals surface area (Å²) in [6, 6.07) is 11.3. The molecule has 1 aliphatic rings. The van der Waals surface area contributed by atoms with Gasteiger partial charge in [0.1, 0.15) is 11.5 Å². The van der Waals surface area contributed by atoms with Crippen LogP contribution in [0.4, 0.5) is 17.2 Å². The van der Waals surface area contributed by atoms with Crippen molar-refractivity contribution in [1.29, 1.82) is 5.41 Å². The summed E-state index contributed by atoms with van der Waals surface area (Å²) in [6.07, 6.45) is 1.80. The van der Waals surface area contributed by atoms with Crippen LogP contribution < -0.4 is 10.2 Å². The molecule has 3 rings (SSSR count). The summed E-state index contributed by atoms with van der Waals surface area (Å²) >= 11 is 0. The summed E-state index contributed by atoms with van der Waals surface area (Å²) < 4.78 is 0. The van der Waals surface area contributed by atoms with E-state index < -0.39 is 0 Å². The SMILES string of the molecule is CC(=N)c1c(N2CCC(O)CC2)cc(C=O)nc1Nc1ccccc1. The summed E-state index contributed by atoms with van der Waals surface area (Å²) in [7, 11) is 0. The largest absolute Gasteiger partial charge is 0.393 e. The summed E-state index contributed by atoms with van der Waals surface area (Å²) in [6.45, 7) is 3.10. The first-order chi connectivity index (χ1) is 12.1. The molecule has 1 aromatic heterocycles. The first-order valence-corrected chi connectivity index (χ1v) is 8.39. The van der Waals surface area contributed by atoms with Gasteiger partial charge in [-0.05, 0) is 38.0 Å². The Morgan fingerprint density at radius 3 is 2.60 bits per heavy atom. The van der Waals surface area contributed by atoms with Gasteiger partial charge in [-0.25, -0.2) is 4.98 Å². The Bertz CT molecular complexity index is 768. The summed E-state index contributed by atoms with van der Waals surface area (Å²) in [5.41, 5.74) is 3.05. The average Bonchev–Trinajstić information content (AvgIpc) is 2.62. The minimum atomic E-state index is -0.282. The van der Waals surface area contributed by atoms with E-state index in [0.717, 1.165) is 17.7 Å². The lowest BCUT2D eigenvalue weighted by Crippen LogP contribution is -2.36. The molecule has 6 heteroatoms. The molecule has 0 saturated carbocycles. The molecule has 2 heterocycles. The quantitative estimate of drug-likeness (QED) is 0.576. The van der Waals surface area contributed by atoms with E-state index in [-0.39, 0.29) is 6.10 Å². The molecule has 1 fully saturated rings. The van der Waals surface area contributed by atoms with Gasteiger partial charge in [0.15, 0.2) is 6.29 Å². The van der Waals surface area contributed by atoms with Gasteiger partial charge in [-0.1, -0.05) is 18.2 Å². The maximum atomic E-state index is 11.4. The van der Waals surface area contributed by atoms with Crippen LogP contribution in [0, 0.1) is 5.41 Å². The molecule has 0 amide bonds. The number of anilines is 3. The topological polar surface area (TPSA) is 89.3 Å². The lowest BCUT2D eigenvalue weighted by Gasteiger charge is -2.33. The normalized spacial score (nSPS) is 15.0. The second-order valence-corrected chi connectivity index (χ2v) is 6.24. The Kier molecular flexibility index (Phi) is 5.09. The van der Waals surface area contributed by atoms with Crippen LogP contribution >= 0.6 is 0 Å². The van der Waals surface area contributed by atoms with Gasteiger partial charge in [0.05, 0.1) is 17.4 Å². The van der Waals surface area contributed by atoms with E-state index in [1.165, 1.54) is 0 Å². The number of nitrogens with zero attached hydrogens (tertiary/aromatic N) is 2. The zero-order valence-electron chi connectivity index (χ0n) is 14.2. The standard InChI is InChI=1S/C19H22N4O2/c1-13(20)18-17(23-9-7-16(25)8-10-23)11-15(12-24)22-19(18)21-14-5-3-2-4-6-14/h2-6,11-12,16,20,25H,7-10H2,1H3,(H,21,22). The van der Waals surface area contributed by atoms with Crippen molar-refractivity contribution in [1.82, 2.24) is 4.98 Å². The number of aromatic nitrogens is 1. The van der Waals surface area contributed by atoms with Crippen LogP contribution in [0.25, 0.3) is 0 Å². The molecule has 1 saturated heterocycles. The molecule has 0 unspecified atom stereocenters. The maximum Gasteiger partial charge on any atom is 0.168 e. The van der Waals surface area contributed by atoms with Gasteiger partial charge in [-0.2, -0.15) is 0 Å². The highest BCUT2D eigenvalue weighted by atomic mass is 16.3. The Morgan fingerprint density at radius 2 is 2.00 bits per heavy atom. The Balaban J connectivity index is 2.05. The van der Waals surface area contributed by atoms with E-state index in [1.807, 2.05) is 30.3 Å².